The summed E-state index contributed by atoms with van der Waals surface area (Å²) in [5.74, 6) is -0.0332. The molecule has 1 atom stereocenters. The third-order valence-electron chi connectivity index (χ3n) is 2.90. The number of hydrogen-bond donors (Lipinski definition) is 1. The van der Waals surface area contributed by atoms with E-state index in [0.717, 1.165) is 17.9 Å². The maximum atomic E-state index is 10.9. The summed E-state index contributed by atoms with van der Waals surface area (Å²) in [5.41, 5.74) is 2.09. The molecule has 0 fully saturated rings. The topological polar surface area (TPSA) is 49.8 Å². The van der Waals surface area contributed by atoms with E-state index < -0.39 is 5.97 Å². The Morgan fingerprint density at radius 3 is 3.00 bits per heavy atom. The number of anilines is 1. The summed E-state index contributed by atoms with van der Waals surface area (Å²) in [5, 5.41) is 8.92. The van der Waals surface area contributed by atoms with Crippen molar-refractivity contribution < 1.29 is 14.6 Å². The van der Waals surface area contributed by atoms with Crippen LogP contribution in [0.2, 0.25) is 0 Å². The Labute approximate surface area is 101 Å². The quantitative estimate of drug-likeness (QED) is 0.869. The molecule has 2 rings (SSSR count). The number of carbonyl (C=O) groups is 1. The number of carboxylic acids is 1. The average molecular weight is 235 g/mol. The normalized spacial score (nSPS) is 18.5. The second-order valence-corrected chi connectivity index (χ2v) is 4.36. The molecular formula is C13H17NO3. The molecule has 4 heteroatoms. The number of fused-ring (bicyclic) bond motifs is 1. The average Bonchev–Trinajstić information content (AvgIpc) is 2.27. The minimum absolute atomic E-state index is 0.0217. The molecule has 0 aliphatic carbocycles. The van der Waals surface area contributed by atoms with E-state index in [2.05, 4.69) is 6.92 Å². The van der Waals surface area contributed by atoms with Gasteiger partial charge in [0, 0.05) is 0 Å². The van der Waals surface area contributed by atoms with Crippen LogP contribution in [-0.4, -0.2) is 30.3 Å². The van der Waals surface area contributed by atoms with Crippen LogP contribution in [0.25, 0.3) is 0 Å². The summed E-state index contributed by atoms with van der Waals surface area (Å²) >= 11 is 0. The van der Waals surface area contributed by atoms with E-state index >= 15 is 0 Å². The lowest BCUT2D eigenvalue weighted by Crippen LogP contribution is -2.41. The molecule has 1 unspecified atom stereocenters. The lowest BCUT2D eigenvalue weighted by molar-refractivity contribution is -0.135. The highest BCUT2D eigenvalue weighted by Crippen LogP contribution is 2.34. The first-order chi connectivity index (χ1) is 8.10. The molecule has 1 aromatic rings. The van der Waals surface area contributed by atoms with Gasteiger partial charge in [0.15, 0.2) is 0 Å². The van der Waals surface area contributed by atoms with Crippen molar-refractivity contribution in [1.82, 2.24) is 0 Å². The standard InChI is InChI=1S/C13H17NO3/c1-3-10-4-5-12-11(6-10)14(8-13(15)16)7-9(2)17-12/h4-6,9H,3,7-8H2,1-2H3,(H,15,16). The third kappa shape index (κ3) is 2.52. The molecule has 17 heavy (non-hydrogen) atoms. The van der Waals surface area contributed by atoms with Crippen molar-refractivity contribution in [3.05, 3.63) is 23.8 Å². The summed E-state index contributed by atoms with van der Waals surface area (Å²) in [6.07, 6.45) is 0.957. The highest BCUT2D eigenvalue weighted by Gasteiger charge is 2.24. The molecule has 0 spiro atoms. The van der Waals surface area contributed by atoms with E-state index in [1.54, 1.807) is 0 Å². The molecule has 1 heterocycles. The number of carboxylic acid groups (broad SMARTS) is 1. The van der Waals surface area contributed by atoms with Gasteiger partial charge in [-0.05, 0) is 31.0 Å². The monoisotopic (exact) mass is 235 g/mol. The van der Waals surface area contributed by atoms with Crippen molar-refractivity contribution in [2.75, 3.05) is 18.0 Å². The molecule has 1 aliphatic heterocycles. The maximum absolute atomic E-state index is 10.9. The number of ether oxygens (including phenoxy) is 1. The van der Waals surface area contributed by atoms with E-state index in [1.165, 1.54) is 5.56 Å². The molecule has 0 radical (unpaired) electrons. The van der Waals surface area contributed by atoms with Gasteiger partial charge >= 0.3 is 5.97 Å². The molecule has 92 valence electrons. The minimum atomic E-state index is -0.813. The van der Waals surface area contributed by atoms with E-state index in [-0.39, 0.29) is 12.6 Å². The van der Waals surface area contributed by atoms with Crippen molar-refractivity contribution in [3.63, 3.8) is 0 Å². The Morgan fingerprint density at radius 2 is 2.35 bits per heavy atom. The van der Waals surface area contributed by atoms with Crippen LogP contribution >= 0.6 is 0 Å². The Hall–Kier alpha value is -1.71. The van der Waals surface area contributed by atoms with Crippen LogP contribution in [0.4, 0.5) is 5.69 Å². The Balaban J connectivity index is 2.35. The first-order valence-corrected chi connectivity index (χ1v) is 5.86. The molecule has 4 nitrogen and oxygen atoms in total. The zero-order valence-electron chi connectivity index (χ0n) is 10.1. The lowest BCUT2D eigenvalue weighted by Gasteiger charge is -2.34. The fourth-order valence-electron chi connectivity index (χ4n) is 2.11. The number of benzene rings is 1. The predicted molar refractivity (Wildman–Crippen MR) is 65.8 cm³/mol. The number of rotatable bonds is 3. The van der Waals surface area contributed by atoms with Gasteiger partial charge in [-0.15, -0.1) is 0 Å². The second-order valence-electron chi connectivity index (χ2n) is 4.36. The van der Waals surface area contributed by atoms with Crippen molar-refractivity contribution in [3.8, 4) is 5.75 Å². The number of aryl methyl sites for hydroxylation is 1. The molecule has 0 aromatic heterocycles. The summed E-state index contributed by atoms with van der Waals surface area (Å²) in [4.78, 5) is 12.7. The van der Waals surface area contributed by atoms with Crippen LogP contribution in [0.5, 0.6) is 5.75 Å². The van der Waals surface area contributed by atoms with Gasteiger partial charge in [0.2, 0.25) is 0 Å². The zero-order chi connectivity index (χ0) is 12.4. The predicted octanol–water partition coefficient (Wildman–Crippen LogP) is 1.92. The fourth-order valence-corrected chi connectivity index (χ4v) is 2.11. The van der Waals surface area contributed by atoms with Crippen LogP contribution in [0.1, 0.15) is 19.4 Å². The van der Waals surface area contributed by atoms with Crippen molar-refractivity contribution >= 4 is 11.7 Å². The molecule has 0 saturated carbocycles. The minimum Gasteiger partial charge on any atom is -0.487 e. The van der Waals surface area contributed by atoms with Crippen molar-refractivity contribution in [2.24, 2.45) is 0 Å². The van der Waals surface area contributed by atoms with E-state index in [0.29, 0.717) is 6.54 Å². The molecule has 0 amide bonds. The van der Waals surface area contributed by atoms with Gasteiger partial charge in [0.05, 0.1) is 12.2 Å². The highest BCUT2D eigenvalue weighted by atomic mass is 16.5. The number of nitrogens with zero attached hydrogens (tertiary/aromatic N) is 1. The smallest absolute Gasteiger partial charge is 0.323 e. The molecule has 0 saturated heterocycles. The molecule has 1 aliphatic rings. The summed E-state index contributed by atoms with van der Waals surface area (Å²) in [6, 6.07) is 5.97. The van der Waals surface area contributed by atoms with Gasteiger partial charge in [-0.25, -0.2) is 0 Å². The SMILES string of the molecule is CCc1ccc2c(c1)N(CC(=O)O)CC(C)O2. The van der Waals surface area contributed by atoms with Crippen LogP contribution in [0.15, 0.2) is 18.2 Å². The highest BCUT2D eigenvalue weighted by molar-refractivity contribution is 5.76. The largest absolute Gasteiger partial charge is 0.487 e. The molecular weight excluding hydrogens is 218 g/mol. The van der Waals surface area contributed by atoms with Gasteiger partial charge < -0.3 is 14.7 Å². The van der Waals surface area contributed by atoms with Gasteiger partial charge in [-0.1, -0.05) is 13.0 Å². The molecule has 1 N–H and O–H groups in total. The van der Waals surface area contributed by atoms with Gasteiger partial charge in [0.25, 0.3) is 0 Å². The van der Waals surface area contributed by atoms with Gasteiger partial charge in [-0.2, -0.15) is 0 Å². The van der Waals surface area contributed by atoms with Gasteiger partial charge in [0.1, 0.15) is 18.4 Å². The number of aliphatic carboxylic acids is 1. The van der Waals surface area contributed by atoms with Crippen LogP contribution < -0.4 is 9.64 Å². The van der Waals surface area contributed by atoms with Crippen molar-refractivity contribution in [1.29, 1.82) is 0 Å². The summed E-state index contributed by atoms with van der Waals surface area (Å²) in [7, 11) is 0. The Bertz CT molecular complexity index is 431. The zero-order valence-corrected chi connectivity index (χ0v) is 10.1. The summed E-state index contributed by atoms with van der Waals surface area (Å²) < 4.78 is 5.71. The Morgan fingerprint density at radius 1 is 1.59 bits per heavy atom. The summed E-state index contributed by atoms with van der Waals surface area (Å²) in [6.45, 7) is 4.67. The van der Waals surface area contributed by atoms with Crippen LogP contribution in [-0.2, 0) is 11.2 Å². The molecule has 1 aromatic carbocycles. The maximum Gasteiger partial charge on any atom is 0.323 e. The molecule has 0 bridgehead atoms. The van der Waals surface area contributed by atoms with Crippen LogP contribution in [0.3, 0.4) is 0 Å². The lowest BCUT2D eigenvalue weighted by atomic mass is 10.1. The second kappa shape index (κ2) is 4.65. The van der Waals surface area contributed by atoms with E-state index in [4.69, 9.17) is 9.84 Å². The van der Waals surface area contributed by atoms with E-state index in [1.807, 2.05) is 30.0 Å². The Kier molecular flexibility index (Phi) is 3.22. The van der Waals surface area contributed by atoms with E-state index in [9.17, 15) is 4.79 Å². The number of hydrogen-bond acceptors (Lipinski definition) is 3. The van der Waals surface area contributed by atoms with Crippen molar-refractivity contribution in [2.45, 2.75) is 26.4 Å². The first-order valence-electron chi connectivity index (χ1n) is 5.86. The van der Waals surface area contributed by atoms with Gasteiger partial charge in [-0.3, -0.25) is 4.79 Å². The third-order valence-corrected chi connectivity index (χ3v) is 2.90. The first kappa shape index (κ1) is 11.8. The fraction of sp³-hybridized carbons (Fsp3) is 0.462. The van der Waals surface area contributed by atoms with Crippen LogP contribution in [0, 0.1) is 0 Å².